The van der Waals surface area contributed by atoms with Crippen LogP contribution < -0.4 is 30.7 Å². The van der Waals surface area contributed by atoms with Gasteiger partial charge in [0.15, 0.2) is 28.8 Å². The summed E-state index contributed by atoms with van der Waals surface area (Å²) in [7, 11) is 3.04. The average molecular weight is 1100 g/mol. The molecule has 4 atom stereocenters. The van der Waals surface area contributed by atoms with E-state index in [4.69, 9.17) is 31.5 Å². The largest absolute Gasteiger partial charge is 0.488 e. The molecular weight excluding hydrogens is 1030 g/mol. The molecule has 5 aromatic rings. The van der Waals surface area contributed by atoms with Gasteiger partial charge in [0.2, 0.25) is 17.7 Å². The summed E-state index contributed by atoms with van der Waals surface area (Å²) in [5.74, 6) is -4.67. The number of methoxy groups -OCH3 is 1. The lowest BCUT2D eigenvalue weighted by atomic mass is 9.77. The monoisotopic (exact) mass is 1100 g/mol. The predicted molar refractivity (Wildman–Crippen MR) is 286 cm³/mol. The number of nitrogens with two attached hydrogens (primary N) is 1. The number of anilines is 1. The number of aromatic nitrogens is 2. The number of hydrogen-bond acceptors (Lipinski definition) is 10. The number of benzene rings is 4. The van der Waals surface area contributed by atoms with Crippen LogP contribution in [0.2, 0.25) is 5.02 Å². The molecule has 414 valence electrons. The number of piperidine rings is 2. The summed E-state index contributed by atoms with van der Waals surface area (Å²) in [6, 6.07) is 13.9. The minimum Gasteiger partial charge on any atom is -0.488 e. The van der Waals surface area contributed by atoms with Gasteiger partial charge in [-0.1, -0.05) is 55.8 Å². The first-order chi connectivity index (χ1) is 37.5. The molecule has 0 radical (unpaired) electrons. The lowest BCUT2D eigenvalue weighted by Gasteiger charge is -2.42. The van der Waals surface area contributed by atoms with Crippen LogP contribution in [0.5, 0.6) is 11.5 Å². The standard InChI is InChI=1S/C58H65ClF4N8O7/c1-32-30-70(24-18-36(32)31-69-22-16-34(17-23-69)47-41(60)28-40-53(52(47)63)68(3)67-55(40)71-25-19-45(72)66-57(71)75)56(74)35-10-12-38(13-11-35)65-21-20-58(37-8-6-5-7-9-37)33(2)46-44(78-58)29-42(61)50(59)49(46)48-39(54(64)73)14-15-43(51(48)62)77-27-26-76-4/h5-9,14-15,20-21,28-29,32-36,38,65H,10-13,16-19,22-27,30-31H2,1-4H3,(H2,64,73)(H,66,72,75)/b21-20-/t32-,33+,35?,36-,38?,58+/m1/s1. The highest BCUT2D eigenvalue weighted by Gasteiger charge is 2.49. The molecule has 0 spiro atoms. The highest BCUT2D eigenvalue weighted by Crippen LogP contribution is 2.57. The minimum absolute atomic E-state index is 0.0127. The number of urea groups is 1. The fourth-order valence-corrected chi connectivity index (χ4v) is 12.9. The van der Waals surface area contributed by atoms with E-state index in [0.29, 0.717) is 63.3 Å². The number of amides is 5. The molecule has 15 nitrogen and oxygen atoms in total. The molecule has 5 heterocycles. The molecular formula is C58H65ClF4N8O7. The van der Waals surface area contributed by atoms with E-state index in [-0.39, 0.29) is 106 Å². The van der Waals surface area contributed by atoms with Crippen LogP contribution in [-0.4, -0.2) is 109 Å². The van der Waals surface area contributed by atoms with E-state index in [1.165, 1.54) is 41.0 Å². The SMILES string of the molecule is COCCOc1ccc(C(N)=O)c(-c2c(Cl)c(F)cc3c2[C@H](C)[C@@](/C=C\NC2CCC(C(=O)N4CC[C@H](CN5CCC(c6c(F)cc7c(N8CCC(=O)NC8=O)nn(C)c7c6F)CC5)[C@H](C)C4)CC2)(c2ccccc2)O3)c1F. The molecule has 4 aliphatic heterocycles. The second-order valence-corrected chi connectivity index (χ2v) is 21.9. The number of hydrogen-bond donors (Lipinski definition) is 3. The van der Waals surface area contributed by atoms with Gasteiger partial charge in [-0.25, -0.2) is 22.4 Å². The molecule has 5 aliphatic rings. The first-order valence-corrected chi connectivity index (χ1v) is 27.3. The molecule has 1 aromatic heterocycles. The Morgan fingerprint density at radius 1 is 0.910 bits per heavy atom. The summed E-state index contributed by atoms with van der Waals surface area (Å²) in [5, 5.41) is 9.94. The lowest BCUT2D eigenvalue weighted by molar-refractivity contribution is -0.139. The summed E-state index contributed by atoms with van der Waals surface area (Å²) in [5.41, 5.74) is 5.30. The fourth-order valence-electron chi connectivity index (χ4n) is 12.7. The van der Waals surface area contributed by atoms with E-state index >= 15 is 17.6 Å². The van der Waals surface area contributed by atoms with Gasteiger partial charge < -0.3 is 35.1 Å². The number of likely N-dealkylation sites (tertiary alicyclic amines) is 2. The van der Waals surface area contributed by atoms with Gasteiger partial charge in [0.1, 0.15) is 29.5 Å². The Bertz CT molecular complexity index is 3160. The Kier molecular flexibility index (Phi) is 15.8. The highest BCUT2D eigenvalue weighted by atomic mass is 35.5. The van der Waals surface area contributed by atoms with Crippen molar-refractivity contribution in [3.05, 3.63) is 117 Å². The van der Waals surface area contributed by atoms with E-state index in [1.54, 1.807) is 7.05 Å². The smallest absolute Gasteiger partial charge is 0.329 e. The van der Waals surface area contributed by atoms with Gasteiger partial charge in [-0.15, -0.1) is 0 Å². The summed E-state index contributed by atoms with van der Waals surface area (Å²) >= 11 is 6.74. The molecule has 4 fully saturated rings. The molecule has 1 saturated carbocycles. The van der Waals surface area contributed by atoms with Crippen LogP contribution in [0.15, 0.2) is 66.9 Å². The maximum Gasteiger partial charge on any atom is 0.329 e. The van der Waals surface area contributed by atoms with Crippen molar-refractivity contribution >= 4 is 52.1 Å². The van der Waals surface area contributed by atoms with E-state index < -0.39 is 57.7 Å². The highest BCUT2D eigenvalue weighted by molar-refractivity contribution is 6.34. The van der Waals surface area contributed by atoms with Gasteiger partial charge in [-0.05, 0) is 112 Å². The molecule has 0 bridgehead atoms. The van der Waals surface area contributed by atoms with Crippen molar-refractivity contribution in [1.29, 1.82) is 0 Å². The molecule has 1 aliphatic carbocycles. The van der Waals surface area contributed by atoms with Gasteiger partial charge in [0.25, 0.3) is 0 Å². The Morgan fingerprint density at radius 2 is 1.65 bits per heavy atom. The van der Waals surface area contributed by atoms with E-state index in [1.807, 2.05) is 54.4 Å². The lowest BCUT2D eigenvalue weighted by Crippen LogP contribution is -2.49. The van der Waals surface area contributed by atoms with E-state index in [0.717, 1.165) is 31.4 Å². The van der Waals surface area contributed by atoms with Crippen LogP contribution in [0, 0.1) is 41.0 Å². The summed E-state index contributed by atoms with van der Waals surface area (Å²) in [6.45, 7) is 7.88. The maximum atomic E-state index is 16.6. The zero-order valence-electron chi connectivity index (χ0n) is 44.2. The number of nitrogens with zero attached hydrogens (tertiary/aromatic N) is 5. The number of fused-ring (bicyclic) bond motifs is 2. The van der Waals surface area contributed by atoms with E-state index in [2.05, 4.69) is 27.6 Å². The third-order valence-corrected chi connectivity index (χ3v) is 17.3. The van der Waals surface area contributed by atoms with Gasteiger partial charge in [0.05, 0.1) is 22.6 Å². The van der Waals surface area contributed by atoms with E-state index in [9.17, 15) is 19.2 Å². The fraction of sp³-hybridized carbons (Fsp3) is 0.466. The van der Waals surface area contributed by atoms with Crippen LogP contribution in [0.1, 0.15) is 104 Å². The summed E-state index contributed by atoms with van der Waals surface area (Å²) in [4.78, 5) is 56.9. The Hall–Kier alpha value is -6.70. The number of nitrogens with one attached hydrogen (secondary N) is 2. The Labute approximate surface area is 455 Å². The van der Waals surface area contributed by atoms with Crippen molar-refractivity contribution in [3.63, 3.8) is 0 Å². The summed E-state index contributed by atoms with van der Waals surface area (Å²) < 4.78 is 83.5. The number of carbonyl (C=O) groups excluding carboxylic acids is 4. The number of halogens is 5. The van der Waals surface area contributed by atoms with Crippen LogP contribution >= 0.6 is 11.6 Å². The van der Waals surface area contributed by atoms with Gasteiger partial charge in [0, 0.05) is 93.0 Å². The van der Waals surface area contributed by atoms with Crippen molar-refractivity contribution in [2.45, 2.75) is 88.7 Å². The van der Waals surface area contributed by atoms with Crippen molar-refractivity contribution in [2.24, 2.45) is 30.5 Å². The molecule has 3 saturated heterocycles. The van der Waals surface area contributed by atoms with Crippen LogP contribution in [0.3, 0.4) is 0 Å². The zero-order chi connectivity index (χ0) is 55.2. The third-order valence-electron chi connectivity index (χ3n) is 16.9. The number of aryl methyl sites for hydroxylation is 1. The van der Waals surface area contributed by atoms with Crippen molar-refractivity contribution in [2.75, 3.05) is 64.5 Å². The molecule has 0 unspecified atom stereocenters. The third kappa shape index (κ3) is 10.3. The number of imide groups is 1. The maximum absolute atomic E-state index is 16.6. The molecule has 5 amide bonds. The minimum atomic E-state index is -1.23. The molecule has 78 heavy (non-hydrogen) atoms. The molecule has 10 rings (SSSR count). The quantitative estimate of drug-likeness (QED) is 0.0677. The zero-order valence-corrected chi connectivity index (χ0v) is 44.9. The van der Waals surface area contributed by atoms with Crippen molar-refractivity contribution < 1.29 is 51.0 Å². The van der Waals surface area contributed by atoms with Crippen LogP contribution in [-0.2, 0) is 27.0 Å². The summed E-state index contributed by atoms with van der Waals surface area (Å²) in [6.07, 6.45) is 8.75. The number of carbonyl (C=O) groups is 4. The predicted octanol–water partition coefficient (Wildman–Crippen LogP) is 9.44. The first kappa shape index (κ1) is 54.6. The van der Waals surface area contributed by atoms with Gasteiger partial charge >= 0.3 is 6.03 Å². The van der Waals surface area contributed by atoms with Crippen LogP contribution in [0.25, 0.3) is 22.0 Å². The number of primary amides is 1. The number of ether oxygens (including phenoxy) is 3. The first-order valence-electron chi connectivity index (χ1n) is 26.9. The normalized spacial score (nSPS) is 24.1. The molecule has 4 aromatic carbocycles. The molecule has 20 heteroatoms. The second kappa shape index (κ2) is 22.6. The average Bonchev–Trinajstić information content (AvgIpc) is 4.12. The Balaban J connectivity index is 0.747. The topological polar surface area (TPSA) is 174 Å². The number of rotatable bonds is 15. The van der Waals surface area contributed by atoms with Gasteiger partial charge in [-0.3, -0.25) is 29.3 Å². The molecule has 4 N–H and O–H groups in total. The van der Waals surface area contributed by atoms with Gasteiger partial charge in [-0.2, -0.15) is 5.10 Å². The van der Waals surface area contributed by atoms with Crippen molar-refractivity contribution in [3.8, 4) is 22.6 Å². The van der Waals surface area contributed by atoms with Crippen molar-refractivity contribution in [1.82, 2.24) is 30.2 Å². The Morgan fingerprint density at radius 3 is 2.35 bits per heavy atom. The second-order valence-electron chi connectivity index (χ2n) is 21.6. The van der Waals surface area contributed by atoms with Crippen LogP contribution in [0.4, 0.5) is 28.2 Å².